The van der Waals surface area contributed by atoms with Gasteiger partial charge < -0.3 is 10.4 Å². The van der Waals surface area contributed by atoms with Crippen LogP contribution < -0.4 is 5.32 Å². The van der Waals surface area contributed by atoms with E-state index in [0.29, 0.717) is 11.4 Å². The van der Waals surface area contributed by atoms with Crippen LogP contribution >= 0.6 is 11.3 Å². The third-order valence-corrected chi connectivity index (χ3v) is 5.17. The number of aromatic nitrogens is 2. The van der Waals surface area contributed by atoms with Crippen molar-refractivity contribution in [2.24, 2.45) is 0 Å². The second-order valence-corrected chi connectivity index (χ2v) is 7.04. The Bertz CT molecular complexity index is 893. The molecule has 138 valence electrons. The number of hydrogen-bond acceptors (Lipinski definition) is 4. The molecule has 1 atom stereocenters. The van der Waals surface area contributed by atoms with Gasteiger partial charge in [-0.15, -0.1) is 11.3 Å². The Morgan fingerprint density at radius 2 is 2.08 bits per heavy atom. The number of nitrogens with zero attached hydrogens (tertiary/aromatic N) is 2. The molecule has 8 heteroatoms. The summed E-state index contributed by atoms with van der Waals surface area (Å²) in [7, 11) is 0. The van der Waals surface area contributed by atoms with Crippen LogP contribution in [-0.2, 0) is 6.54 Å². The van der Waals surface area contributed by atoms with Crippen molar-refractivity contribution >= 4 is 27.5 Å². The Hall–Kier alpha value is -2.32. The molecule has 0 saturated carbocycles. The normalized spacial score (nSPS) is 12.7. The maximum Gasteiger partial charge on any atom is 0.264 e. The Balaban J connectivity index is 1.72. The van der Waals surface area contributed by atoms with Crippen molar-refractivity contribution in [1.82, 2.24) is 15.1 Å². The van der Waals surface area contributed by atoms with Gasteiger partial charge in [0.1, 0.15) is 10.9 Å². The number of aryl methyl sites for hydroxylation is 1. The van der Waals surface area contributed by atoms with E-state index in [0.717, 1.165) is 21.5 Å². The molecule has 3 rings (SSSR count). The first kappa shape index (κ1) is 18.5. The Labute approximate surface area is 153 Å². The van der Waals surface area contributed by atoms with E-state index in [1.807, 2.05) is 41.9 Å². The minimum atomic E-state index is -2.80. The third-order valence-electron chi connectivity index (χ3n) is 4.02. The van der Waals surface area contributed by atoms with Crippen molar-refractivity contribution in [1.29, 1.82) is 0 Å². The summed E-state index contributed by atoms with van der Waals surface area (Å²) in [6.07, 6.45) is -4.71. The van der Waals surface area contributed by atoms with Crippen LogP contribution in [-0.4, -0.2) is 39.9 Å². The lowest BCUT2D eigenvalue weighted by Gasteiger charge is -2.09. The van der Waals surface area contributed by atoms with Gasteiger partial charge in [0.2, 0.25) is 0 Å². The standard InChI is InChI=1S/C18H19F2N3O2S/c1-11-13-9-15(17(25)21-8-7-14(24)16(19)20)26-18(13)23(22-11)10-12-5-3-2-4-6-12/h2-6,9,14,16,24H,7-8,10H2,1H3,(H,21,25). The molecule has 0 aliphatic carbocycles. The number of amides is 1. The highest BCUT2D eigenvalue weighted by molar-refractivity contribution is 7.20. The van der Waals surface area contributed by atoms with Crippen LogP contribution in [0.1, 0.15) is 27.3 Å². The number of hydrogen-bond donors (Lipinski definition) is 2. The zero-order valence-electron chi connectivity index (χ0n) is 14.2. The fourth-order valence-corrected chi connectivity index (χ4v) is 3.71. The van der Waals surface area contributed by atoms with E-state index < -0.39 is 12.5 Å². The number of carbonyl (C=O) groups is 1. The van der Waals surface area contributed by atoms with Gasteiger partial charge >= 0.3 is 0 Å². The molecule has 0 spiro atoms. The van der Waals surface area contributed by atoms with Gasteiger partial charge in [-0.25, -0.2) is 8.78 Å². The molecule has 3 aromatic rings. The molecule has 0 aliphatic rings. The van der Waals surface area contributed by atoms with Crippen molar-refractivity contribution in [3.63, 3.8) is 0 Å². The summed E-state index contributed by atoms with van der Waals surface area (Å²) < 4.78 is 26.4. The summed E-state index contributed by atoms with van der Waals surface area (Å²) in [6, 6.07) is 11.7. The molecular formula is C18H19F2N3O2S. The predicted octanol–water partition coefficient (Wildman–Crippen LogP) is 3.20. The van der Waals surface area contributed by atoms with Crippen molar-refractivity contribution in [3.8, 4) is 0 Å². The molecular weight excluding hydrogens is 360 g/mol. The van der Waals surface area contributed by atoms with Crippen LogP contribution in [0.4, 0.5) is 8.78 Å². The highest BCUT2D eigenvalue weighted by Gasteiger charge is 2.19. The molecule has 2 heterocycles. The Morgan fingerprint density at radius 3 is 2.77 bits per heavy atom. The van der Waals surface area contributed by atoms with Gasteiger partial charge in [0.05, 0.1) is 17.1 Å². The van der Waals surface area contributed by atoms with Crippen molar-refractivity contribution < 1.29 is 18.7 Å². The van der Waals surface area contributed by atoms with Gasteiger partial charge in [-0.3, -0.25) is 9.48 Å². The first-order chi connectivity index (χ1) is 12.5. The van der Waals surface area contributed by atoms with E-state index in [-0.39, 0.29) is 18.9 Å². The summed E-state index contributed by atoms with van der Waals surface area (Å²) in [5.74, 6) is -0.335. The Kier molecular flexibility index (Phi) is 5.63. The number of thiophene rings is 1. The number of carbonyl (C=O) groups excluding carboxylic acids is 1. The van der Waals surface area contributed by atoms with Crippen LogP contribution in [0.15, 0.2) is 36.4 Å². The van der Waals surface area contributed by atoms with E-state index in [1.54, 1.807) is 6.07 Å². The SMILES string of the molecule is Cc1nn(Cc2ccccc2)c2sc(C(=O)NCCC(O)C(F)F)cc12. The number of rotatable bonds is 7. The summed E-state index contributed by atoms with van der Waals surface area (Å²) in [5.41, 5.74) is 1.94. The van der Waals surface area contributed by atoms with Gasteiger partial charge in [-0.05, 0) is 25.0 Å². The minimum absolute atomic E-state index is 0.00624. The number of aliphatic hydroxyl groups excluding tert-OH is 1. The monoisotopic (exact) mass is 379 g/mol. The van der Waals surface area contributed by atoms with E-state index >= 15 is 0 Å². The molecule has 2 aromatic heterocycles. The van der Waals surface area contributed by atoms with Gasteiger partial charge in [0.15, 0.2) is 0 Å². The van der Waals surface area contributed by atoms with Crippen molar-refractivity contribution in [2.75, 3.05) is 6.54 Å². The largest absolute Gasteiger partial charge is 0.387 e. The zero-order valence-corrected chi connectivity index (χ0v) is 15.0. The fraction of sp³-hybridized carbons (Fsp3) is 0.333. The molecule has 2 N–H and O–H groups in total. The molecule has 0 radical (unpaired) electrons. The highest BCUT2D eigenvalue weighted by atomic mass is 32.1. The summed E-state index contributed by atoms with van der Waals surface area (Å²) in [5, 5.41) is 17.1. The number of benzene rings is 1. The summed E-state index contributed by atoms with van der Waals surface area (Å²) in [4.78, 5) is 13.6. The maximum absolute atomic E-state index is 12.3. The third kappa shape index (κ3) is 4.08. The molecule has 0 fully saturated rings. The van der Waals surface area contributed by atoms with Crippen LogP contribution in [0.5, 0.6) is 0 Å². The van der Waals surface area contributed by atoms with Crippen LogP contribution in [0.3, 0.4) is 0 Å². The quantitative estimate of drug-likeness (QED) is 0.663. The van der Waals surface area contributed by atoms with Crippen LogP contribution in [0.2, 0.25) is 0 Å². The summed E-state index contributed by atoms with van der Waals surface area (Å²) >= 11 is 1.31. The number of halogens is 2. The number of nitrogens with one attached hydrogen (secondary N) is 1. The average molecular weight is 379 g/mol. The van der Waals surface area contributed by atoms with Gasteiger partial charge in [0, 0.05) is 11.9 Å². The van der Waals surface area contributed by atoms with Crippen molar-refractivity contribution in [2.45, 2.75) is 32.4 Å². The number of alkyl halides is 2. The molecule has 0 saturated heterocycles. The average Bonchev–Trinajstić information content (AvgIpc) is 3.17. The van der Waals surface area contributed by atoms with Crippen LogP contribution in [0.25, 0.3) is 10.2 Å². The molecule has 1 amide bonds. The van der Waals surface area contributed by atoms with Gasteiger partial charge in [-0.1, -0.05) is 30.3 Å². The molecule has 1 unspecified atom stereocenters. The smallest absolute Gasteiger partial charge is 0.264 e. The van der Waals surface area contributed by atoms with Gasteiger partial charge in [0.25, 0.3) is 12.3 Å². The Morgan fingerprint density at radius 1 is 1.35 bits per heavy atom. The predicted molar refractivity (Wildman–Crippen MR) is 96.9 cm³/mol. The maximum atomic E-state index is 12.3. The molecule has 26 heavy (non-hydrogen) atoms. The molecule has 0 bridgehead atoms. The van der Waals surface area contributed by atoms with Gasteiger partial charge in [-0.2, -0.15) is 5.10 Å². The fourth-order valence-electron chi connectivity index (χ4n) is 2.63. The van der Waals surface area contributed by atoms with Crippen molar-refractivity contribution in [3.05, 3.63) is 52.5 Å². The molecule has 5 nitrogen and oxygen atoms in total. The first-order valence-electron chi connectivity index (χ1n) is 8.21. The lowest BCUT2D eigenvalue weighted by atomic mass is 10.2. The highest BCUT2D eigenvalue weighted by Crippen LogP contribution is 2.28. The van der Waals surface area contributed by atoms with E-state index in [2.05, 4.69) is 10.4 Å². The number of aliphatic hydroxyl groups is 1. The first-order valence-corrected chi connectivity index (χ1v) is 9.02. The van der Waals surface area contributed by atoms with E-state index in [1.165, 1.54) is 11.3 Å². The van der Waals surface area contributed by atoms with Crippen LogP contribution in [0, 0.1) is 6.92 Å². The zero-order chi connectivity index (χ0) is 18.7. The molecule has 1 aromatic carbocycles. The number of fused-ring (bicyclic) bond motifs is 1. The summed E-state index contributed by atoms with van der Waals surface area (Å²) in [6.45, 7) is 2.48. The lowest BCUT2D eigenvalue weighted by Crippen LogP contribution is -2.29. The second kappa shape index (κ2) is 7.92. The minimum Gasteiger partial charge on any atom is -0.387 e. The second-order valence-electron chi connectivity index (χ2n) is 6.00. The molecule has 0 aliphatic heterocycles. The lowest BCUT2D eigenvalue weighted by molar-refractivity contribution is -0.00825. The van der Waals surface area contributed by atoms with E-state index in [4.69, 9.17) is 5.11 Å². The topological polar surface area (TPSA) is 67.2 Å². The van der Waals surface area contributed by atoms with E-state index in [9.17, 15) is 13.6 Å².